The first-order valence-corrected chi connectivity index (χ1v) is 6.79. The van der Waals surface area contributed by atoms with Crippen LogP contribution in [0.2, 0.25) is 5.02 Å². The molecule has 1 unspecified atom stereocenters. The average molecular weight is 253 g/mol. The zero-order valence-corrected chi connectivity index (χ0v) is 11.2. The van der Waals surface area contributed by atoms with Gasteiger partial charge in [0.15, 0.2) is 0 Å². The standard InChI is InChI=1S/C14H21ClN2/c1-17(14-4-2-3-9-16-10-14)11-12-5-7-13(15)8-6-12/h5-8,14,16H,2-4,9-11H2,1H3. The molecule has 3 heteroatoms. The third-order valence-electron chi connectivity index (χ3n) is 3.49. The minimum Gasteiger partial charge on any atom is -0.315 e. The molecule has 0 aromatic heterocycles. The molecule has 94 valence electrons. The lowest BCUT2D eigenvalue weighted by Gasteiger charge is -2.27. The predicted molar refractivity (Wildman–Crippen MR) is 73.4 cm³/mol. The van der Waals surface area contributed by atoms with E-state index in [4.69, 9.17) is 11.6 Å². The third-order valence-corrected chi connectivity index (χ3v) is 3.74. The van der Waals surface area contributed by atoms with Crippen molar-refractivity contribution in [2.45, 2.75) is 31.8 Å². The Morgan fingerprint density at radius 1 is 1.29 bits per heavy atom. The van der Waals surface area contributed by atoms with Crippen LogP contribution in [0, 0.1) is 0 Å². The van der Waals surface area contributed by atoms with Crippen LogP contribution >= 0.6 is 11.6 Å². The Labute approximate surface area is 109 Å². The van der Waals surface area contributed by atoms with Crippen molar-refractivity contribution in [2.24, 2.45) is 0 Å². The SMILES string of the molecule is CN(Cc1ccc(Cl)cc1)C1CCCCNC1. The lowest BCUT2D eigenvalue weighted by Crippen LogP contribution is -2.38. The van der Waals surface area contributed by atoms with Crippen molar-refractivity contribution in [1.29, 1.82) is 0 Å². The fourth-order valence-electron chi connectivity index (χ4n) is 2.38. The molecule has 1 heterocycles. The summed E-state index contributed by atoms with van der Waals surface area (Å²) in [6.45, 7) is 3.29. The van der Waals surface area contributed by atoms with Gasteiger partial charge >= 0.3 is 0 Å². The Kier molecular flexibility index (Phi) is 4.84. The molecule has 0 spiro atoms. The minimum atomic E-state index is 0.660. The molecule has 1 atom stereocenters. The van der Waals surface area contributed by atoms with Gasteiger partial charge in [-0.05, 0) is 44.1 Å². The number of hydrogen-bond donors (Lipinski definition) is 1. The molecule has 2 rings (SSSR count). The van der Waals surface area contributed by atoms with Gasteiger partial charge in [-0.15, -0.1) is 0 Å². The van der Waals surface area contributed by atoms with Gasteiger partial charge in [0.2, 0.25) is 0 Å². The summed E-state index contributed by atoms with van der Waals surface area (Å²) in [5.41, 5.74) is 1.33. The molecular weight excluding hydrogens is 232 g/mol. The van der Waals surface area contributed by atoms with E-state index in [0.717, 1.165) is 18.1 Å². The number of benzene rings is 1. The highest BCUT2D eigenvalue weighted by molar-refractivity contribution is 6.30. The second kappa shape index (κ2) is 6.39. The lowest BCUT2D eigenvalue weighted by molar-refractivity contribution is 0.222. The van der Waals surface area contributed by atoms with Crippen LogP contribution < -0.4 is 5.32 Å². The first-order valence-electron chi connectivity index (χ1n) is 6.41. The summed E-state index contributed by atoms with van der Waals surface area (Å²) < 4.78 is 0. The summed E-state index contributed by atoms with van der Waals surface area (Å²) >= 11 is 5.89. The summed E-state index contributed by atoms with van der Waals surface area (Å²) in [6, 6.07) is 8.83. The molecule has 0 bridgehead atoms. The smallest absolute Gasteiger partial charge is 0.0406 e. The van der Waals surface area contributed by atoms with Crippen LogP contribution in [0.15, 0.2) is 24.3 Å². The van der Waals surface area contributed by atoms with Crippen molar-refractivity contribution in [2.75, 3.05) is 20.1 Å². The monoisotopic (exact) mass is 252 g/mol. The highest BCUT2D eigenvalue weighted by Gasteiger charge is 2.16. The molecular formula is C14H21ClN2. The number of nitrogens with zero attached hydrogens (tertiary/aromatic N) is 1. The van der Waals surface area contributed by atoms with E-state index in [-0.39, 0.29) is 0 Å². The molecule has 1 aromatic carbocycles. The van der Waals surface area contributed by atoms with Gasteiger partial charge in [-0.3, -0.25) is 4.90 Å². The summed E-state index contributed by atoms with van der Waals surface area (Å²) in [4.78, 5) is 2.45. The van der Waals surface area contributed by atoms with Crippen LogP contribution in [0.25, 0.3) is 0 Å². The molecule has 0 radical (unpaired) electrons. The van der Waals surface area contributed by atoms with E-state index in [1.54, 1.807) is 0 Å². The second-order valence-electron chi connectivity index (χ2n) is 4.90. The molecule has 0 saturated carbocycles. The minimum absolute atomic E-state index is 0.660. The lowest BCUT2D eigenvalue weighted by atomic mass is 10.1. The topological polar surface area (TPSA) is 15.3 Å². The molecule has 1 aromatic rings. The first-order chi connectivity index (χ1) is 8.25. The van der Waals surface area contributed by atoms with Crippen molar-refractivity contribution in [3.05, 3.63) is 34.9 Å². The van der Waals surface area contributed by atoms with E-state index >= 15 is 0 Å². The largest absolute Gasteiger partial charge is 0.315 e. The highest BCUT2D eigenvalue weighted by atomic mass is 35.5. The van der Waals surface area contributed by atoms with E-state index < -0.39 is 0 Å². The van der Waals surface area contributed by atoms with E-state index in [1.807, 2.05) is 12.1 Å². The van der Waals surface area contributed by atoms with E-state index in [0.29, 0.717) is 6.04 Å². The molecule has 1 fully saturated rings. The van der Waals surface area contributed by atoms with Gasteiger partial charge in [0.1, 0.15) is 0 Å². The maximum absolute atomic E-state index is 5.89. The van der Waals surface area contributed by atoms with Gasteiger partial charge in [-0.1, -0.05) is 30.2 Å². The molecule has 0 amide bonds. The Morgan fingerprint density at radius 3 is 2.82 bits per heavy atom. The molecule has 0 aliphatic carbocycles. The van der Waals surface area contributed by atoms with Crippen LogP contribution in [0.5, 0.6) is 0 Å². The summed E-state index contributed by atoms with van der Waals surface area (Å²) in [6.07, 6.45) is 3.95. The van der Waals surface area contributed by atoms with E-state index in [9.17, 15) is 0 Å². The molecule has 17 heavy (non-hydrogen) atoms. The van der Waals surface area contributed by atoms with Crippen LogP contribution in [-0.4, -0.2) is 31.1 Å². The Hall–Kier alpha value is -0.570. The Morgan fingerprint density at radius 2 is 2.06 bits per heavy atom. The first kappa shape index (κ1) is 12.9. The summed E-state index contributed by atoms with van der Waals surface area (Å²) in [7, 11) is 2.21. The van der Waals surface area contributed by atoms with Gasteiger partial charge in [-0.25, -0.2) is 0 Å². The van der Waals surface area contributed by atoms with Crippen LogP contribution in [0.1, 0.15) is 24.8 Å². The fraction of sp³-hybridized carbons (Fsp3) is 0.571. The van der Waals surface area contributed by atoms with Crippen LogP contribution in [0.3, 0.4) is 0 Å². The second-order valence-corrected chi connectivity index (χ2v) is 5.33. The molecule has 1 aliphatic rings. The third kappa shape index (κ3) is 3.98. The quantitative estimate of drug-likeness (QED) is 0.890. The van der Waals surface area contributed by atoms with Crippen LogP contribution in [-0.2, 0) is 6.54 Å². The van der Waals surface area contributed by atoms with Crippen molar-refractivity contribution in [3.63, 3.8) is 0 Å². The Balaban J connectivity index is 1.90. The zero-order valence-electron chi connectivity index (χ0n) is 10.5. The number of halogens is 1. The fourth-order valence-corrected chi connectivity index (χ4v) is 2.51. The van der Waals surface area contributed by atoms with Gasteiger partial charge in [-0.2, -0.15) is 0 Å². The average Bonchev–Trinajstić information content (AvgIpc) is 2.61. The van der Waals surface area contributed by atoms with E-state index in [1.165, 1.54) is 31.4 Å². The highest BCUT2D eigenvalue weighted by Crippen LogP contribution is 2.15. The summed E-state index contributed by atoms with van der Waals surface area (Å²) in [5, 5.41) is 4.32. The van der Waals surface area contributed by atoms with Gasteiger partial charge in [0.05, 0.1) is 0 Å². The molecule has 1 N–H and O–H groups in total. The van der Waals surface area contributed by atoms with Crippen molar-refractivity contribution in [3.8, 4) is 0 Å². The normalized spacial score (nSPS) is 21.5. The van der Waals surface area contributed by atoms with E-state index in [2.05, 4.69) is 29.4 Å². The molecule has 1 aliphatic heterocycles. The predicted octanol–water partition coefficient (Wildman–Crippen LogP) is 2.91. The zero-order chi connectivity index (χ0) is 12.1. The number of nitrogens with one attached hydrogen (secondary N) is 1. The molecule has 1 saturated heterocycles. The molecule has 2 nitrogen and oxygen atoms in total. The van der Waals surface area contributed by atoms with Crippen molar-refractivity contribution >= 4 is 11.6 Å². The van der Waals surface area contributed by atoms with Gasteiger partial charge < -0.3 is 5.32 Å². The summed E-state index contributed by atoms with van der Waals surface area (Å²) in [5.74, 6) is 0. The van der Waals surface area contributed by atoms with Crippen LogP contribution in [0.4, 0.5) is 0 Å². The van der Waals surface area contributed by atoms with Gasteiger partial charge in [0, 0.05) is 24.2 Å². The van der Waals surface area contributed by atoms with Crippen molar-refractivity contribution in [1.82, 2.24) is 10.2 Å². The number of hydrogen-bond acceptors (Lipinski definition) is 2. The maximum Gasteiger partial charge on any atom is 0.0406 e. The number of rotatable bonds is 3. The number of likely N-dealkylation sites (N-methyl/N-ethyl adjacent to an activating group) is 1. The Bertz CT molecular complexity index is 329. The maximum atomic E-state index is 5.89. The van der Waals surface area contributed by atoms with Gasteiger partial charge in [0.25, 0.3) is 0 Å². The van der Waals surface area contributed by atoms with Crippen molar-refractivity contribution < 1.29 is 0 Å².